The minimum Gasteiger partial charge on any atom is -0.495 e. The molecule has 0 saturated heterocycles. The van der Waals surface area contributed by atoms with Crippen molar-refractivity contribution in [2.24, 2.45) is 0 Å². The second kappa shape index (κ2) is 5.94. The average Bonchev–Trinajstić information content (AvgIpc) is 2.29. The van der Waals surface area contributed by atoms with E-state index in [0.717, 1.165) is 6.42 Å². The summed E-state index contributed by atoms with van der Waals surface area (Å²) in [5, 5.41) is 2.84. The topological polar surface area (TPSA) is 64.3 Å². The molecular weight excluding hydrogens is 216 g/mol. The van der Waals surface area contributed by atoms with Crippen LogP contribution in [0.1, 0.15) is 23.7 Å². The molecule has 92 valence electrons. The fourth-order valence-electron chi connectivity index (χ4n) is 1.53. The predicted octanol–water partition coefficient (Wildman–Crippen LogP) is 1.97. The highest BCUT2D eigenvalue weighted by molar-refractivity contribution is 6.00. The largest absolute Gasteiger partial charge is 0.495 e. The van der Waals surface area contributed by atoms with E-state index >= 15 is 0 Å². The number of nitrogen functional groups attached to an aromatic ring is 1. The molecule has 4 nitrogen and oxygen atoms in total. The molecule has 1 amide bonds. The Labute approximate surface area is 101 Å². The highest BCUT2D eigenvalue weighted by atomic mass is 16.5. The molecule has 0 aromatic heterocycles. The molecule has 0 fully saturated rings. The molecule has 0 saturated carbocycles. The van der Waals surface area contributed by atoms with Crippen molar-refractivity contribution in [3.05, 3.63) is 36.4 Å². The fourth-order valence-corrected chi connectivity index (χ4v) is 1.53. The Hall–Kier alpha value is -1.97. The summed E-state index contributed by atoms with van der Waals surface area (Å²) in [5.74, 6) is 0.310. The van der Waals surface area contributed by atoms with Gasteiger partial charge in [-0.1, -0.05) is 12.1 Å². The van der Waals surface area contributed by atoms with Crippen LogP contribution in [0.5, 0.6) is 5.75 Å². The first-order valence-corrected chi connectivity index (χ1v) is 5.44. The van der Waals surface area contributed by atoms with Crippen molar-refractivity contribution in [1.29, 1.82) is 0 Å². The molecule has 0 bridgehead atoms. The lowest BCUT2D eigenvalue weighted by atomic mass is 10.1. The highest BCUT2D eigenvalue weighted by Crippen LogP contribution is 2.24. The number of benzene rings is 1. The van der Waals surface area contributed by atoms with Gasteiger partial charge in [0.2, 0.25) is 0 Å². The maximum absolute atomic E-state index is 11.9. The van der Waals surface area contributed by atoms with Gasteiger partial charge in [-0.05, 0) is 25.5 Å². The van der Waals surface area contributed by atoms with E-state index in [4.69, 9.17) is 10.5 Å². The van der Waals surface area contributed by atoms with Gasteiger partial charge < -0.3 is 15.8 Å². The van der Waals surface area contributed by atoms with Gasteiger partial charge in [-0.3, -0.25) is 4.79 Å². The lowest BCUT2D eigenvalue weighted by Gasteiger charge is -2.14. The molecule has 1 rings (SSSR count). The van der Waals surface area contributed by atoms with E-state index in [1.165, 1.54) is 7.11 Å². The molecule has 1 aromatic carbocycles. The third-order valence-electron chi connectivity index (χ3n) is 2.43. The number of hydrogen-bond donors (Lipinski definition) is 2. The molecule has 1 atom stereocenters. The normalized spacial score (nSPS) is 11.6. The van der Waals surface area contributed by atoms with Gasteiger partial charge in [-0.15, -0.1) is 6.58 Å². The van der Waals surface area contributed by atoms with Gasteiger partial charge in [0.25, 0.3) is 5.91 Å². The van der Waals surface area contributed by atoms with Gasteiger partial charge in [0.05, 0.1) is 18.4 Å². The first kappa shape index (κ1) is 13.1. The van der Waals surface area contributed by atoms with Crippen LogP contribution in [0.4, 0.5) is 5.69 Å². The average molecular weight is 234 g/mol. The summed E-state index contributed by atoms with van der Waals surface area (Å²) in [7, 11) is 1.52. The van der Waals surface area contributed by atoms with Crippen molar-refractivity contribution in [1.82, 2.24) is 5.32 Å². The molecule has 4 heteroatoms. The van der Waals surface area contributed by atoms with E-state index in [2.05, 4.69) is 11.9 Å². The van der Waals surface area contributed by atoms with Crippen molar-refractivity contribution >= 4 is 11.6 Å². The zero-order chi connectivity index (χ0) is 12.8. The molecular formula is C13H18N2O2. The number of anilines is 1. The number of carbonyl (C=O) groups excluding carboxylic acids is 1. The summed E-state index contributed by atoms with van der Waals surface area (Å²) < 4.78 is 5.07. The highest BCUT2D eigenvalue weighted by Gasteiger charge is 2.14. The maximum Gasteiger partial charge on any atom is 0.253 e. The zero-order valence-electron chi connectivity index (χ0n) is 10.2. The minimum atomic E-state index is -0.198. The quantitative estimate of drug-likeness (QED) is 0.604. The molecule has 3 N–H and O–H groups in total. The van der Waals surface area contributed by atoms with Crippen LogP contribution in [-0.4, -0.2) is 19.1 Å². The summed E-state index contributed by atoms with van der Waals surface area (Å²) in [5.41, 5.74) is 6.63. The fraction of sp³-hybridized carbons (Fsp3) is 0.308. The van der Waals surface area contributed by atoms with Crippen LogP contribution in [-0.2, 0) is 0 Å². The van der Waals surface area contributed by atoms with Crippen molar-refractivity contribution < 1.29 is 9.53 Å². The third kappa shape index (κ3) is 3.24. The lowest BCUT2D eigenvalue weighted by Crippen LogP contribution is -2.32. The molecule has 0 aliphatic carbocycles. The smallest absolute Gasteiger partial charge is 0.253 e. The number of ether oxygens (including phenoxy) is 1. The van der Waals surface area contributed by atoms with Crippen molar-refractivity contribution in [3.63, 3.8) is 0 Å². The second-order valence-electron chi connectivity index (χ2n) is 3.82. The Kier molecular flexibility index (Phi) is 4.57. The van der Waals surface area contributed by atoms with E-state index in [-0.39, 0.29) is 11.9 Å². The van der Waals surface area contributed by atoms with Crippen molar-refractivity contribution in [2.75, 3.05) is 12.8 Å². The van der Waals surface area contributed by atoms with Crippen LogP contribution in [0, 0.1) is 0 Å². The molecule has 0 aliphatic heterocycles. The number of nitrogens with one attached hydrogen (secondary N) is 1. The van der Waals surface area contributed by atoms with E-state index in [9.17, 15) is 4.79 Å². The Balaban J connectivity index is 2.85. The predicted molar refractivity (Wildman–Crippen MR) is 69.1 cm³/mol. The summed E-state index contributed by atoms with van der Waals surface area (Å²) in [6.45, 7) is 5.54. The van der Waals surface area contributed by atoms with Gasteiger partial charge in [-0.25, -0.2) is 0 Å². The summed E-state index contributed by atoms with van der Waals surface area (Å²) in [6.07, 6.45) is 2.48. The Bertz CT molecular complexity index is 416. The summed E-state index contributed by atoms with van der Waals surface area (Å²) in [6, 6.07) is 5.17. The van der Waals surface area contributed by atoms with Crippen LogP contribution in [0.15, 0.2) is 30.9 Å². The Morgan fingerprint density at radius 2 is 2.35 bits per heavy atom. The molecule has 0 spiro atoms. The molecule has 0 heterocycles. The monoisotopic (exact) mass is 234 g/mol. The lowest BCUT2D eigenvalue weighted by molar-refractivity contribution is 0.0941. The number of rotatable bonds is 5. The van der Waals surface area contributed by atoms with Crippen LogP contribution >= 0.6 is 0 Å². The van der Waals surface area contributed by atoms with Crippen molar-refractivity contribution in [3.8, 4) is 5.75 Å². The zero-order valence-corrected chi connectivity index (χ0v) is 10.2. The first-order valence-electron chi connectivity index (χ1n) is 5.44. The number of nitrogens with two attached hydrogens (primary N) is 1. The molecule has 0 aliphatic rings. The summed E-state index contributed by atoms with van der Waals surface area (Å²) >= 11 is 0. The van der Waals surface area contributed by atoms with E-state index in [1.807, 2.05) is 6.92 Å². The number of methoxy groups -OCH3 is 1. The van der Waals surface area contributed by atoms with Crippen molar-refractivity contribution in [2.45, 2.75) is 19.4 Å². The number of carbonyl (C=O) groups is 1. The van der Waals surface area contributed by atoms with E-state index in [1.54, 1.807) is 24.3 Å². The molecule has 1 aromatic rings. The maximum atomic E-state index is 11.9. The number of hydrogen-bond acceptors (Lipinski definition) is 3. The van der Waals surface area contributed by atoms with Crippen LogP contribution in [0.2, 0.25) is 0 Å². The SMILES string of the molecule is C=CCC(C)NC(=O)c1cccc(OC)c1N. The van der Waals surface area contributed by atoms with E-state index < -0.39 is 0 Å². The standard InChI is InChI=1S/C13H18N2O2/c1-4-6-9(2)15-13(16)10-7-5-8-11(17-3)12(10)14/h4-5,7-9H,1,6,14H2,2-3H3,(H,15,16). The molecule has 0 radical (unpaired) electrons. The summed E-state index contributed by atoms with van der Waals surface area (Å²) in [4.78, 5) is 11.9. The molecule has 1 unspecified atom stereocenters. The third-order valence-corrected chi connectivity index (χ3v) is 2.43. The Morgan fingerprint density at radius 3 is 2.94 bits per heavy atom. The van der Waals surface area contributed by atoms with Gasteiger partial charge in [0.1, 0.15) is 5.75 Å². The van der Waals surface area contributed by atoms with Gasteiger partial charge in [0.15, 0.2) is 0 Å². The molecule has 17 heavy (non-hydrogen) atoms. The minimum absolute atomic E-state index is 0.0330. The van der Waals surface area contributed by atoms with E-state index in [0.29, 0.717) is 17.0 Å². The number of amides is 1. The number of para-hydroxylation sites is 1. The van der Waals surface area contributed by atoms with Gasteiger partial charge >= 0.3 is 0 Å². The first-order chi connectivity index (χ1) is 8.10. The second-order valence-corrected chi connectivity index (χ2v) is 3.82. The van der Waals surface area contributed by atoms with Gasteiger partial charge in [-0.2, -0.15) is 0 Å². The van der Waals surface area contributed by atoms with Crippen LogP contribution < -0.4 is 15.8 Å². The van der Waals surface area contributed by atoms with Crippen LogP contribution in [0.3, 0.4) is 0 Å². The van der Waals surface area contributed by atoms with Gasteiger partial charge in [0, 0.05) is 6.04 Å². The Morgan fingerprint density at radius 1 is 1.65 bits per heavy atom. The van der Waals surface area contributed by atoms with Crippen LogP contribution in [0.25, 0.3) is 0 Å².